The number of halogens is 3. The van der Waals surface area contributed by atoms with Gasteiger partial charge in [-0.1, -0.05) is 0 Å². The van der Waals surface area contributed by atoms with Crippen LogP contribution in [0.1, 0.15) is 0 Å². The van der Waals surface area contributed by atoms with Crippen molar-refractivity contribution in [2.75, 3.05) is 23.8 Å². The molecule has 12 heteroatoms. The van der Waals surface area contributed by atoms with E-state index >= 15 is 0 Å². The van der Waals surface area contributed by atoms with Crippen LogP contribution in [0.25, 0.3) is 11.3 Å². The monoisotopic (exact) mass is 509 g/mol. The second-order valence-electron chi connectivity index (χ2n) is 6.46. The summed E-state index contributed by atoms with van der Waals surface area (Å²) in [5.74, 6) is -1.23. The van der Waals surface area contributed by atoms with Gasteiger partial charge in [-0.25, -0.2) is 18.4 Å². The molecule has 32 heavy (non-hydrogen) atoms. The average Bonchev–Trinajstić information content (AvgIpc) is 3.06. The molecule has 3 amide bonds. The average molecular weight is 510 g/mol. The van der Waals surface area contributed by atoms with Crippen LogP contribution in [0.15, 0.2) is 47.1 Å². The fraction of sp³-hybridized carbons (Fsp3) is 0.150. The van der Waals surface area contributed by atoms with Gasteiger partial charge >= 0.3 is 12.1 Å². The Bertz CT molecular complexity index is 1140. The smallest absolute Gasteiger partial charge is 0.404 e. The molecule has 3 aromatic rings. The van der Waals surface area contributed by atoms with Crippen molar-refractivity contribution in [3.8, 4) is 17.0 Å². The predicted molar refractivity (Wildman–Crippen MR) is 117 cm³/mol. The molecule has 0 aliphatic rings. The Hall–Kier alpha value is -3.67. The molecule has 0 saturated heterocycles. The molecule has 0 atom stereocenters. The van der Waals surface area contributed by atoms with Crippen molar-refractivity contribution in [3.05, 3.63) is 58.7 Å². The van der Waals surface area contributed by atoms with Gasteiger partial charge in [0.25, 0.3) is 0 Å². The second-order valence-corrected chi connectivity index (χ2v) is 7.31. The van der Waals surface area contributed by atoms with Crippen molar-refractivity contribution < 1.29 is 28.2 Å². The number of nitrogens with zero attached hydrogens (tertiary/aromatic N) is 2. The highest BCUT2D eigenvalue weighted by atomic mass is 79.9. The van der Waals surface area contributed by atoms with E-state index in [9.17, 15) is 18.4 Å². The summed E-state index contributed by atoms with van der Waals surface area (Å²) in [6.45, 7) is 0.152. The molecule has 1 heterocycles. The van der Waals surface area contributed by atoms with Crippen LogP contribution in [-0.2, 0) is 7.05 Å². The van der Waals surface area contributed by atoms with E-state index in [4.69, 9.17) is 9.84 Å². The number of aryl methyl sites for hydroxylation is 1. The molecule has 0 unspecified atom stereocenters. The van der Waals surface area contributed by atoms with E-state index in [0.717, 1.165) is 12.1 Å². The summed E-state index contributed by atoms with van der Waals surface area (Å²) in [4.78, 5) is 22.9. The number of rotatable bonds is 7. The van der Waals surface area contributed by atoms with Gasteiger partial charge in [-0.3, -0.25) is 4.68 Å². The van der Waals surface area contributed by atoms with E-state index in [2.05, 4.69) is 37.0 Å². The minimum atomic E-state index is -1.16. The van der Waals surface area contributed by atoms with Crippen molar-refractivity contribution >= 4 is 39.4 Å². The van der Waals surface area contributed by atoms with E-state index in [-0.39, 0.29) is 18.8 Å². The zero-order valence-corrected chi connectivity index (χ0v) is 18.2. The predicted octanol–water partition coefficient (Wildman–Crippen LogP) is 4.42. The molecule has 2 aromatic carbocycles. The molecule has 0 aliphatic carbocycles. The third-order valence-electron chi connectivity index (χ3n) is 4.20. The summed E-state index contributed by atoms with van der Waals surface area (Å²) in [7, 11) is 1.72. The topological polar surface area (TPSA) is 118 Å². The SMILES string of the molecule is Cn1ncc(Br)c1-c1cc(NC(=O)Nc2ccc(F)cc2F)ccc1OCCNC(=O)O. The van der Waals surface area contributed by atoms with Crippen LogP contribution in [0.3, 0.4) is 0 Å². The van der Waals surface area contributed by atoms with Crippen LogP contribution in [0.2, 0.25) is 0 Å². The first-order valence-electron chi connectivity index (χ1n) is 9.19. The summed E-state index contributed by atoms with van der Waals surface area (Å²) in [5.41, 5.74) is 1.41. The maximum absolute atomic E-state index is 13.8. The number of amides is 3. The van der Waals surface area contributed by atoms with Crippen molar-refractivity contribution in [1.82, 2.24) is 15.1 Å². The number of urea groups is 1. The van der Waals surface area contributed by atoms with E-state index in [1.165, 1.54) is 0 Å². The van der Waals surface area contributed by atoms with E-state index < -0.39 is 23.8 Å². The quantitative estimate of drug-likeness (QED) is 0.351. The van der Waals surface area contributed by atoms with Gasteiger partial charge < -0.3 is 25.8 Å². The van der Waals surface area contributed by atoms with Crippen molar-refractivity contribution in [1.29, 1.82) is 0 Å². The standard InChI is InChI=1S/C20H18BrF2N5O4/c1-28-18(14(21)10-25-28)13-9-12(3-5-17(13)32-7-6-24-20(30)31)26-19(29)27-16-4-2-11(22)8-15(16)23/h2-5,8-10,24H,6-7H2,1H3,(H,30,31)(H2,26,27,29). The summed E-state index contributed by atoms with van der Waals surface area (Å²) in [6, 6.07) is 6.87. The number of hydrogen-bond donors (Lipinski definition) is 4. The number of nitrogens with one attached hydrogen (secondary N) is 3. The molecule has 0 aliphatic heterocycles. The first-order chi connectivity index (χ1) is 15.2. The van der Waals surface area contributed by atoms with E-state index in [0.29, 0.717) is 33.2 Å². The van der Waals surface area contributed by atoms with Gasteiger partial charge in [0.1, 0.15) is 24.0 Å². The number of carbonyl (C=O) groups is 2. The first-order valence-corrected chi connectivity index (χ1v) is 9.98. The van der Waals surface area contributed by atoms with Crippen molar-refractivity contribution in [2.24, 2.45) is 7.05 Å². The minimum Gasteiger partial charge on any atom is -0.491 e. The lowest BCUT2D eigenvalue weighted by molar-refractivity contribution is 0.191. The molecular weight excluding hydrogens is 492 g/mol. The van der Waals surface area contributed by atoms with Gasteiger partial charge in [0.15, 0.2) is 0 Å². The number of ether oxygens (including phenoxy) is 1. The third-order valence-corrected chi connectivity index (χ3v) is 4.78. The van der Waals surface area contributed by atoms with E-state index in [1.807, 2.05) is 0 Å². The fourth-order valence-electron chi connectivity index (χ4n) is 2.83. The summed E-state index contributed by atoms with van der Waals surface area (Å²) in [6.07, 6.45) is 0.432. The molecule has 0 spiro atoms. The summed E-state index contributed by atoms with van der Waals surface area (Å²) in [5, 5.41) is 19.9. The van der Waals surface area contributed by atoms with Crippen LogP contribution in [0.5, 0.6) is 5.75 Å². The molecule has 3 rings (SSSR count). The molecule has 168 valence electrons. The highest BCUT2D eigenvalue weighted by Gasteiger charge is 2.17. The van der Waals surface area contributed by atoms with Crippen LogP contribution < -0.4 is 20.7 Å². The minimum absolute atomic E-state index is 0.0753. The van der Waals surface area contributed by atoms with Gasteiger partial charge in [-0.05, 0) is 46.3 Å². The van der Waals surface area contributed by atoms with Crippen molar-refractivity contribution in [2.45, 2.75) is 0 Å². The number of benzene rings is 2. The van der Waals surface area contributed by atoms with Gasteiger partial charge in [0.05, 0.1) is 28.6 Å². The highest BCUT2D eigenvalue weighted by Crippen LogP contribution is 2.36. The van der Waals surface area contributed by atoms with Crippen LogP contribution >= 0.6 is 15.9 Å². The highest BCUT2D eigenvalue weighted by molar-refractivity contribution is 9.10. The lowest BCUT2D eigenvalue weighted by Gasteiger charge is -2.15. The van der Waals surface area contributed by atoms with Gasteiger partial charge in [0.2, 0.25) is 0 Å². The Kier molecular flexibility index (Phi) is 7.25. The Morgan fingerprint density at radius 2 is 1.97 bits per heavy atom. The van der Waals surface area contributed by atoms with Gasteiger partial charge in [0, 0.05) is 24.4 Å². The molecular formula is C20H18BrF2N5O4. The van der Waals surface area contributed by atoms with Crippen molar-refractivity contribution in [3.63, 3.8) is 0 Å². The van der Waals surface area contributed by atoms with Gasteiger partial charge in [-0.15, -0.1) is 0 Å². The normalized spacial score (nSPS) is 10.5. The number of hydrogen-bond acceptors (Lipinski definition) is 4. The Balaban J connectivity index is 1.81. The number of anilines is 2. The third kappa shape index (κ3) is 5.72. The molecule has 4 N–H and O–H groups in total. The molecule has 0 bridgehead atoms. The fourth-order valence-corrected chi connectivity index (χ4v) is 3.39. The molecule has 0 radical (unpaired) electrons. The zero-order chi connectivity index (χ0) is 23.3. The van der Waals surface area contributed by atoms with E-state index in [1.54, 1.807) is 36.1 Å². The number of carboxylic acid groups (broad SMARTS) is 1. The van der Waals surface area contributed by atoms with Crippen LogP contribution in [0.4, 0.5) is 29.7 Å². The molecule has 9 nitrogen and oxygen atoms in total. The first kappa shape index (κ1) is 23.0. The number of carbonyl (C=O) groups excluding carboxylic acids is 1. The Morgan fingerprint density at radius 3 is 2.62 bits per heavy atom. The largest absolute Gasteiger partial charge is 0.491 e. The summed E-state index contributed by atoms with van der Waals surface area (Å²) >= 11 is 3.42. The number of aromatic nitrogens is 2. The molecule has 1 aromatic heterocycles. The summed E-state index contributed by atoms with van der Waals surface area (Å²) < 4.78 is 34.8. The van der Waals surface area contributed by atoms with Crippen LogP contribution in [-0.4, -0.2) is 40.2 Å². The van der Waals surface area contributed by atoms with Gasteiger partial charge in [-0.2, -0.15) is 5.10 Å². The maximum Gasteiger partial charge on any atom is 0.404 e. The lowest BCUT2D eigenvalue weighted by Crippen LogP contribution is -2.26. The zero-order valence-electron chi connectivity index (χ0n) is 16.7. The lowest BCUT2D eigenvalue weighted by atomic mass is 10.1. The maximum atomic E-state index is 13.8. The molecule has 0 saturated carbocycles. The Morgan fingerprint density at radius 1 is 1.19 bits per heavy atom. The van der Waals surface area contributed by atoms with Crippen LogP contribution in [0, 0.1) is 11.6 Å². The Labute approximate surface area is 189 Å². The second kappa shape index (κ2) is 10.1. The molecule has 0 fully saturated rings.